The molecular formula is C16H10F3NO2. The van der Waals surface area contributed by atoms with Crippen LogP contribution < -0.4 is 10.1 Å². The first kappa shape index (κ1) is 14.2. The van der Waals surface area contributed by atoms with E-state index < -0.39 is 29.0 Å². The number of amides is 1. The number of nitrogens with one attached hydrogen (secondary N) is 1. The van der Waals surface area contributed by atoms with Gasteiger partial charge in [-0.15, -0.1) is 0 Å². The molecule has 0 saturated heterocycles. The highest BCUT2D eigenvalue weighted by molar-refractivity contribution is 6.07. The van der Waals surface area contributed by atoms with Crippen molar-refractivity contribution in [3.63, 3.8) is 0 Å². The molecule has 22 heavy (non-hydrogen) atoms. The average molecular weight is 305 g/mol. The van der Waals surface area contributed by atoms with Crippen molar-refractivity contribution in [2.45, 2.75) is 0 Å². The summed E-state index contributed by atoms with van der Waals surface area (Å²) in [4.78, 5) is 12.1. The van der Waals surface area contributed by atoms with Gasteiger partial charge in [0.25, 0.3) is 5.91 Å². The number of carbonyl (C=O) groups is 1. The molecule has 0 aromatic heterocycles. The van der Waals surface area contributed by atoms with Crippen molar-refractivity contribution < 1.29 is 22.7 Å². The molecule has 6 heteroatoms. The number of benzene rings is 2. The second-order valence-electron chi connectivity index (χ2n) is 4.70. The van der Waals surface area contributed by atoms with E-state index in [-0.39, 0.29) is 12.2 Å². The zero-order valence-corrected chi connectivity index (χ0v) is 11.2. The minimum absolute atomic E-state index is 0.00808. The van der Waals surface area contributed by atoms with Gasteiger partial charge >= 0.3 is 0 Å². The molecule has 3 nitrogen and oxygen atoms in total. The summed E-state index contributed by atoms with van der Waals surface area (Å²) in [6.07, 6.45) is 1.60. The Morgan fingerprint density at radius 2 is 1.77 bits per heavy atom. The van der Waals surface area contributed by atoms with Crippen LogP contribution in [0.1, 0.15) is 5.56 Å². The molecule has 0 radical (unpaired) electrons. The van der Waals surface area contributed by atoms with E-state index in [0.717, 1.165) is 0 Å². The van der Waals surface area contributed by atoms with Gasteiger partial charge in [0.2, 0.25) is 0 Å². The van der Waals surface area contributed by atoms with Crippen LogP contribution in [0.2, 0.25) is 0 Å². The first-order valence-electron chi connectivity index (χ1n) is 6.43. The molecule has 0 fully saturated rings. The summed E-state index contributed by atoms with van der Waals surface area (Å²) in [7, 11) is 0. The standard InChI is InChI=1S/C16H10F3NO2/c17-11-6-13(19)14(7-12(11)18)20-16(21)10-5-9-3-1-2-4-15(9)22-8-10/h1-7H,8H2,(H,20,21). The van der Waals surface area contributed by atoms with Crippen molar-refractivity contribution in [2.75, 3.05) is 11.9 Å². The molecule has 1 amide bonds. The van der Waals surface area contributed by atoms with Crippen molar-refractivity contribution in [3.8, 4) is 5.75 Å². The summed E-state index contributed by atoms with van der Waals surface area (Å²) in [6, 6.07) is 8.09. The van der Waals surface area contributed by atoms with E-state index in [1.807, 2.05) is 0 Å². The topological polar surface area (TPSA) is 38.3 Å². The fourth-order valence-electron chi connectivity index (χ4n) is 2.07. The Balaban J connectivity index is 1.84. The van der Waals surface area contributed by atoms with Crippen LogP contribution in [0.25, 0.3) is 6.08 Å². The number of para-hydroxylation sites is 1. The van der Waals surface area contributed by atoms with Crippen molar-refractivity contribution in [2.24, 2.45) is 0 Å². The second-order valence-corrected chi connectivity index (χ2v) is 4.70. The molecule has 0 saturated carbocycles. The highest BCUT2D eigenvalue weighted by Crippen LogP contribution is 2.26. The van der Waals surface area contributed by atoms with Crippen molar-refractivity contribution in [3.05, 3.63) is 65.0 Å². The van der Waals surface area contributed by atoms with Crippen LogP contribution in [0, 0.1) is 17.5 Å². The van der Waals surface area contributed by atoms with Crippen LogP contribution in [0.15, 0.2) is 42.0 Å². The third kappa shape index (κ3) is 2.67. The number of rotatable bonds is 2. The van der Waals surface area contributed by atoms with Gasteiger partial charge in [0.05, 0.1) is 11.3 Å². The maximum atomic E-state index is 13.5. The van der Waals surface area contributed by atoms with Crippen molar-refractivity contribution in [1.82, 2.24) is 0 Å². The Morgan fingerprint density at radius 3 is 2.59 bits per heavy atom. The van der Waals surface area contributed by atoms with E-state index in [0.29, 0.717) is 23.4 Å². The number of hydrogen-bond donors (Lipinski definition) is 1. The highest BCUT2D eigenvalue weighted by atomic mass is 19.2. The van der Waals surface area contributed by atoms with Crippen LogP contribution in [0.3, 0.4) is 0 Å². The van der Waals surface area contributed by atoms with Crippen LogP contribution in [-0.4, -0.2) is 12.5 Å². The van der Waals surface area contributed by atoms with E-state index in [1.54, 1.807) is 30.3 Å². The van der Waals surface area contributed by atoms with Crippen LogP contribution in [-0.2, 0) is 4.79 Å². The lowest BCUT2D eigenvalue weighted by Gasteiger charge is -2.17. The molecule has 0 bridgehead atoms. The van der Waals surface area contributed by atoms with Crippen LogP contribution in [0.4, 0.5) is 18.9 Å². The number of anilines is 1. The van der Waals surface area contributed by atoms with Crippen LogP contribution >= 0.6 is 0 Å². The van der Waals surface area contributed by atoms with Gasteiger partial charge in [-0.3, -0.25) is 4.79 Å². The molecule has 112 valence electrons. The van der Waals surface area contributed by atoms with Gasteiger partial charge in [0.15, 0.2) is 11.6 Å². The van der Waals surface area contributed by atoms with Gasteiger partial charge in [-0.2, -0.15) is 0 Å². The fourth-order valence-corrected chi connectivity index (χ4v) is 2.07. The molecule has 3 rings (SSSR count). The smallest absolute Gasteiger partial charge is 0.255 e. The quantitative estimate of drug-likeness (QED) is 0.862. The first-order valence-corrected chi connectivity index (χ1v) is 6.43. The molecule has 0 atom stereocenters. The summed E-state index contributed by atoms with van der Waals surface area (Å²) < 4.78 is 44.9. The summed E-state index contributed by atoms with van der Waals surface area (Å²) in [5.74, 6) is -3.61. The fraction of sp³-hybridized carbons (Fsp3) is 0.0625. The average Bonchev–Trinajstić information content (AvgIpc) is 2.52. The molecule has 0 aliphatic carbocycles. The Hall–Kier alpha value is -2.76. The molecule has 1 aliphatic heterocycles. The first-order chi connectivity index (χ1) is 10.5. The normalized spacial score (nSPS) is 13.0. The molecule has 1 aliphatic rings. The zero-order valence-electron chi connectivity index (χ0n) is 11.2. The van der Waals surface area contributed by atoms with E-state index >= 15 is 0 Å². The number of carbonyl (C=O) groups excluding carboxylic acids is 1. The van der Waals surface area contributed by atoms with Gasteiger partial charge in [-0.05, 0) is 12.1 Å². The van der Waals surface area contributed by atoms with Gasteiger partial charge in [0, 0.05) is 17.7 Å². The highest BCUT2D eigenvalue weighted by Gasteiger charge is 2.19. The summed E-state index contributed by atoms with van der Waals surface area (Å²) >= 11 is 0. The number of fused-ring (bicyclic) bond motifs is 1. The minimum atomic E-state index is -1.32. The summed E-state index contributed by atoms with van der Waals surface area (Å²) in [5, 5.41) is 2.21. The maximum absolute atomic E-state index is 13.5. The lowest BCUT2D eigenvalue weighted by Crippen LogP contribution is -2.21. The van der Waals surface area contributed by atoms with Gasteiger partial charge in [0.1, 0.15) is 18.2 Å². The van der Waals surface area contributed by atoms with Crippen molar-refractivity contribution in [1.29, 1.82) is 0 Å². The maximum Gasteiger partial charge on any atom is 0.255 e. The van der Waals surface area contributed by atoms with Crippen molar-refractivity contribution >= 4 is 17.7 Å². The van der Waals surface area contributed by atoms with Gasteiger partial charge < -0.3 is 10.1 Å². The molecule has 2 aromatic rings. The largest absolute Gasteiger partial charge is 0.488 e. The van der Waals surface area contributed by atoms with E-state index in [1.165, 1.54) is 0 Å². The molecule has 1 N–H and O–H groups in total. The zero-order chi connectivity index (χ0) is 15.7. The SMILES string of the molecule is O=C(Nc1cc(F)c(F)cc1F)C1=Cc2ccccc2OC1. The lowest BCUT2D eigenvalue weighted by atomic mass is 10.1. The Labute approximate surface area is 124 Å². The summed E-state index contributed by atoms with van der Waals surface area (Å²) in [6.45, 7) is 0.00808. The monoisotopic (exact) mass is 305 g/mol. The van der Waals surface area contributed by atoms with E-state index in [4.69, 9.17) is 4.74 Å². The minimum Gasteiger partial charge on any atom is -0.488 e. The predicted molar refractivity (Wildman–Crippen MR) is 74.9 cm³/mol. The Bertz CT molecular complexity index is 787. The second kappa shape index (κ2) is 5.55. The van der Waals surface area contributed by atoms with Gasteiger partial charge in [-0.1, -0.05) is 18.2 Å². The predicted octanol–water partition coefficient (Wildman–Crippen LogP) is 3.52. The Morgan fingerprint density at radius 1 is 1.05 bits per heavy atom. The van der Waals surface area contributed by atoms with Gasteiger partial charge in [-0.25, -0.2) is 13.2 Å². The summed E-state index contributed by atoms with van der Waals surface area (Å²) in [5.41, 5.74) is 0.538. The number of halogens is 3. The van der Waals surface area contributed by atoms with Crippen LogP contribution in [0.5, 0.6) is 5.75 Å². The van der Waals surface area contributed by atoms with E-state index in [2.05, 4.69) is 5.32 Å². The molecule has 1 heterocycles. The number of hydrogen-bond acceptors (Lipinski definition) is 2. The third-order valence-electron chi connectivity index (χ3n) is 3.18. The lowest BCUT2D eigenvalue weighted by molar-refractivity contribution is -0.113. The number of ether oxygens (including phenoxy) is 1. The van der Waals surface area contributed by atoms with E-state index in [9.17, 15) is 18.0 Å². The third-order valence-corrected chi connectivity index (χ3v) is 3.18. The molecule has 2 aromatic carbocycles. The molecular weight excluding hydrogens is 295 g/mol. The molecule has 0 spiro atoms. The molecule has 0 unspecified atom stereocenters. The Kier molecular flexibility index (Phi) is 3.58.